The van der Waals surface area contributed by atoms with E-state index in [2.05, 4.69) is 5.32 Å². The van der Waals surface area contributed by atoms with Crippen LogP contribution in [0.3, 0.4) is 0 Å². The van der Waals surface area contributed by atoms with Crippen LogP contribution in [0.1, 0.15) is 19.8 Å². The number of carboxylic acids is 1. The number of hydrogen-bond acceptors (Lipinski definition) is 5. The highest BCUT2D eigenvalue weighted by Crippen LogP contribution is 2.21. The van der Waals surface area contributed by atoms with Crippen LogP contribution < -0.4 is 10.1 Å². The number of carbonyl (C=O) groups is 2. The number of carboxylic acid groups (broad SMARTS) is 1. The smallest absolute Gasteiger partial charge is 0.304 e. The van der Waals surface area contributed by atoms with E-state index in [9.17, 15) is 14.0 Å². The molecular formula is C15H20FNO4S2. The van der Waals surface area contributed by atoms with Gasteiger partial charge in [-0.2, -0.15) is 0 Å². The molecule has 0 heterocycles. The lowest BCUT2D eigenvalue weighted by atomic mass is 10.2. The molecular weight excluding hydrogens is 341 g/mol. The summed E-state index contributed by atoms with van der Waals surface area (Å²) in [4.78, 5) is 22.4. The predicted molar refractivity (Wildman–Crippen MR) is 91.3 cm³/mol. The molecule has 0 saturated carbocycles. The molecule has 0 aliphatic carbocycles. The van der Waals surface area contributed by atoms with Crippen LogP contribution in [0.5, 0.6) is 5.75 Å². The molecule has 23 heavy (non-hydrogen) atoms. The fourth-order valence-corrected chi connectivity index (χ4v) is 3.48. The first-order chi connectivity index (χ1) is 11.0. The number of ether oxygens (including phenoxy) is 1. The highest BCUT2D eigenvalue weighted by atomic mass is 33.1. The van der Waals surface area contributed by atoms with Crippen molar-refractivity contribution in [2.75, 3.05) is 18.1 Å². The molecule has 0 spiro atoms. The molecule has 8 heteroatoms. The molecule has 0 aliphatic heterocycles. The third-order valence-corrected chi connectivity index (χ3v) is 5.14. The molecule has 128 valence electrons. The molecule has 1 aromatic carbocycles. The second-order valence-electron chi connectivity index (χ2n) is 4.52. The Morgan fingerprint density at radius 1 is 1.30 bits per heavy atom. The monoisotopic (exact) mass is 361 g/mol. The molecule has 1 unspecified atom stereocenters. The zero-order valence-electron chi connectivity index (χ0n) is 12.8. The Balaban J connectivity index is 2.26. The molecule has 0 aromatic heterocycles. The van der Waals surface area contributed by atoms with Gasteiger partial charge in [0.05, 0.1) is 6.42 Å². The van der Waals surface area contributed by atoms with Crippen LogP contribution in [0, 0.1) is 5.82 Å². The first-order valence-electron chi connectivity index (χ1n) is 7.19. The molecule has 0 aliphatic rings. The van der Waals surface area contributed by atoms with Gasteiger partial charge in [-0.15, -0.1) is 0 Å². The second kappa shape index (κ2) is 11.2. The average molecular weight is 361 g/mol. The second-order valence-corrected chi connectivity index (χ2v) is 7.23. The molecule has 1 aromatic rings. The minimum Gasteiger partial charge on any atom is -0.481 e. The van der Waals surface area contributed by atoms with Gasteiger partial charge in [-0.05, 0) is 18.6 Å². The Hall–Kier alpha value is -1.41. The van der Waals surface area contributed by atoms with Crippen LogP contribution in [-0.4, -0.2) is 41.1 Å². The van der Waals surface area contributed by atoms with E-state index in [1.807, 2.05) is 0 Å². The Kier molecular flexibility index (Phi) is 9.54. The van der Waals surface area contributed by atoms with Gasteiger partial charge < -0.3 is 15.2 Å². The SMILES string of the molecule is CCC(Oc1ccccc1F)C(=O)NCCSSCCC(=O)O. The number of rotatable bonds is 11. The standard InChI is InChI=1S/C15H20FNO4S2/c1-2-12(21-13-6-4-3-5-11(13)16)15(20)17-8-10-23-22-9-7-14(18)19/h3-6,12H,2,7-10H2,1H3,(H,17,20)(H,18,19). The molecule has 1 atom stereocenters. The summed E-state index contributed by atoms with van der Waals surface area (Å²) in [6.45, 7) is 2.24. The molecule has 0 saturated heterocycles. The summed E-state index contributed by atoms with van der Waals surface area (Å²) in [5.74, 6) is -0.347. The van der Waals surface area contributed by atoms with Gasteiger partial charge >= 0.3 is 5.97 Å². The number of amides is 1. The van der Waals surface area contributed by atoms with Crippen molar-refractivity contribution < 1.29 is 23.8 Å². The fourth-order valence-electron chi connectivity index (χ4n) is 1.59. The van der Waals surface area contributed by atoms with Gasteiger partial charge in [0.15, 0.2) is 17.7 Å². The van der Waals surface area contributed by atoms with Gasteiger partial charge in [-0.3, -0.25) is 9.59 Å². The third kappa shape index (κ3) is 8.13. The van der Waals surface area contributed by atoms with Crippen LogP contribution in [0.4, 0.5) is 4.39 Å². The highest BCUT2D eigenvalue weighted by Gasteiger charge is 2.19. The minimum absolute atomic E-state index is 0.0631. The van der Waals surface area contributed by atoms with Crippen molar-refractivity contribution in [2.45, 2.75) is 25.9 Å². The van der Waals surface area contributed by atoms with E-state index >= 15 is 0 Å². The van der Waals surface area contributed by atoms with E-state index in [1.165, 1.54) is 33.7 Å². The number of nitrogens with one attached hydrogen (secondary N) is 1. The Morgan fingerprint density at radius 3 is 2.65 bits per heavy atom. The van der Waals surface area contributed by atoms with Gasteiger partial charge in [-0.25, -0.2) is 4.39 Å². The van der Waals surface area contributed by atoms with Crippen molar-refractivity contribution >= 4 is 33.5 Å². The first-order valence-corrected chi connectivity index (χ1v) is 9.68. The Bertz CT molecular complexity index is 516. The van der Waals surface area contributed by atoms with Gasteiger partial charge in [0, 0.05) is 18.1 Å². The van der Waals surface area contributed by atoms with Crippen molar-refractivity contribution in [3.05, 3.63) is 30.1 Å². The van der Waals surface area contributed by atoms with Crippen LogP contribution >= 0.6 is 21.6 Å². The van der Waals surface area contributed by atoms with Gasteiger partial charge in [0.2, 0.25) is 0 Å². The number of aliphatic carboxylic acids is 1. The lowest BCUT2D eigenvalue weighted by Gasteiger charge is -2.17. The number of para-hydroxylation sites is 1. The van der Waals surface area contributed by atoms with Crippen LogP contribution in [0.15, 0.2) is 24.3 Å². The summed E-state index contributed by atoms with van der Waals surface area (Å²) < 4.78 is 18.9. The topological polar surface area (TPSA) is 75.6 Å². The zero-order chi connectivity index (χ0) is 17.1. The highest BCUT2D eigenvalue weighted by molar-refractivity contribution is 8.76. The minimum atomic E-state index is -0.817. The van der Waals surface area contributed by atoms with E-state index in [0.717, 1.165) is 0 Å². The van der Waals surface area contributed by atoms with E-state index in [4.69, 9.17) is 9.84 Å². The molecule has 0 fully saturated rings. The number of halogens is 1. The zero-order valence-corrected chi connectivity index (χ0v) is 14.4. The van der Waals surface area contributed by atoms with Crippen molar-refractivity contribution in [3.8, 4) is 5.75 Å². The Morgan fingerprint density at radius 2 is 2.00 bits per heavy atom. The quantitative estimate of drug-likeness (QED) is 0.466. The molecule has 0 bridgehead atoms. The Labute approximate surface area is 142 Å². The average Bonchev–Trinajstić information content (AvgIpc) is 2.52. The van der Waals surface area contributed by atoms with Crippen molar-refractivity contribution in [3.63, 3.8) is 0 Å². The lowest BCUT2D eigenvalue weighted by molar-refractivity contribution is -0.136. The number of hydrogen-bond donors (Lipinski definition) is 2. The van der Waals surface area contributed by atoms with E-state index in [0.29, 0.717) is 24.5 Å². The summed E-state index contributed by atoms with van der Waals surface area (Å²) in [7, 11) is 2.96. The molecule has 1 amide bonds. The van der Waals surface area contributed by atoms with Crippen molar-refractivity contribution in [1.29, 1.82) is 0 Å². The largest absolute Gasteiger partial charge is 0.481 e. The summed E-state index contributed by atoms with van der Waals surface area (Å²) in [5.41, 5.74) is 0. The lowest BCUT2D eigenvalue weighted by Crippen LogP contribution is -2.39. The van der Waals surface area contributed by atoms with Crippen molar-refractivity contribution in [2.24, 2.45) is 0 Å². The van der Waals surface area contributed by atoms with Crippen LogP contribution in [0.25, 0.3) is 0 Å². The first kappa shape index (κ1) is 19.6. The summed E-state index contributed by atoms with van der Waals surface area (Å²) >= 11 is 0. The third-order valence-electron chi connectivity index (χ3n) is 2.74. The van der Waals surface area contributed by atoms with Gasteiger partial charge in [0.25, 0.3) is 5.91 Å². The van der Waals surface area contributed by atoms with Gasteiger partial charge in [0.1, 0.15) is 0 Å². The normalized spacial score (nSPS) is 11.7. The number of carbonyl (C=O) groups excluding carboxylic acids is 1. The maximum Gasteiger partial charge on any atom is 0.304 e. The van der Waals surface area contributed by atoms with E-state index in [-0.39, 0.29) is 18.1 Å². The predicted octanol–water partition coefficient (Wildman–Crippen LogP) is 2.96. The van der Waals surface area contributed by atoms with E-state index < -0.39 is 17.9 Å². The summed E-state index contributed by atoms with van der Waals surface area (Å²) in [5, 5.41) is 11.2. The molecule has 2 N–H and O–H groups in total. The van der Waals surface area contributed by atoms with E-state index in [1.54, 1.807) is 19.1 Å². The molecule has 0 radical (unpaired) electrons. The number of benzene rings is 1. The maximum absolute atomic E-state index is 13.5. The van der Waals surface area contributed by atoms with Crippen LogP contribution in [-0.2, 0) is 9.59 Å². The molecule has 5 nitrogen and oxygen atoms in total. The maximum atomic E-state index is 13.5. The fraction of sp³-hybridized carbons (Fsp3) is 0.467. The van der Waals surface area contributed by atoms with Crippen LogP contribution in [0.2, 0.25) is 0 Å². The molecule has 1 rings (SSSR count). The van der Waals surface area contributed by atoms with Gasteiger partial charge in [-0.1, -0.05) is 40.6 Å². The summed E-state index contributed by atoms with van der Waals surface area (Å²) in [6.07, 6.45) is -0.185. The van der Waals surface area contributed by atoms with Crippen molar-refractivity contribution in [1.82, 2.24) is 5.32 Å². The summed E-state index contributed by atoms with van der Waals surface area (Å²) in [6, 6.07) is 5.97.